The number of hydrogen-bond donors (Lipinski definition) is 2. The number of nitrogens with zero attached hydrogens (tertiary/aromatic N) is 2. The molecule has 0 unspecified atom stereocenters. The van der Waals surface area contributed by atoms with Crippen molar-refractivity contribution in [3.05, 3.63) is 0 Å². The van der Waals surface area contributed by atoms with Gasteiger partial charge in [0.15, 0.2) is 5.96 Å². The van der Waals surface area contributed by atoms with Gasteiger partial charge in [-0.15, -0.1) is 0 Å². The van der Waals surface area contributed by atoms with E-state index >= 15 is 0 Å². The zero-order chi connectivity index (χ0) is 14.5. The smallest absolute Gasteiger partial charge is 0.191 e. The van der Waals surface area contributed by atoms with Gasteiger partial charge in [-0.3, -0.25) is 4.99 Å². The van der Waals surface area contributed by atoms with Gasteiger partial charge in [-0.2, -0.15) is 0 Å². The molecular formula is C14H32N4O. The van der Waals surface area contributed by atoms with Crippen LogP contribution in [0.1, 0.15) is 26.7 Å². The van der Waals surface area contributed by atoms with Crippen molar-refractivity contribution in [2.45, 2.75) is 26.7 Å². The lowest BCUT2D eigenvalue weighted by Crippen LogP contribution is -2.41. The lowest BCUT2D eigenvalue weighted by Gasteiger charge is -2.18. The normalized spacial score (nSPS) is 12.3. The van der Waals surface area contributed by atoms with Gasteiger partial charge < -0.3 is 20.3 Å². The summed E-state index contributed by atoms with van der Waals surface area (Å²) in [5.41, 5.74) is 0. The fourth-order valence-electron chi connectivity index (χ4n) is 1.66. The summed E-state index contributed by atoms with van der Waals surface area (Å²) in [5.74, 6) is 1.66. The number of rotatable bonds is 10. The highest BCUT2D eigenvalue weighted by molar-refractivity contribution is 5.79. The Labute approximate surface area is 118 Å². The van der Waals surface area contributed by atoms with Crippen LogP contribution in [0, 0.1) is 5.92 Å². The molecule has 0 aliphatic carbocycles. The van der Waals surface area contributed by atoms with E-state index in [2.05, 4.69) is 41.4 Å². The van der Waals surface area contributed by atoms with Crippen molar-refractivity contribution >= 4 is 5.96 Å². The summed E-state index contributed by atoms with van der Waals surface area (Å²) >= 11 is 0. The summed E-state index contributed by atoms with van der Waals surface area (Å²) in [6.07, 6.45) is 2.44. The van der Waals surface area contributed by atoms with Crippen molar-refractivity contribution < 1.29 is 4.74 Å². The molecule has 0 aromatic heterocycles. The minimum Gasteiger partial charge on any atom is -0.383 e. The first-order chi connectivity index (χ1) is 9.10. The van der Waals surface area contributed by atoms with E-state index in [0.717, 1.165) is 44.7 Å². The maximum Gasteiger partial charge on any atom is 0.191 e. The number of likely N-dealkylation sites (N-methyl/N-ethyl adjacent to an activating group) is 1. The number of guanidine groups is 1. The van der Waals surface area contributed by atoms with Gasteiger partial charge in [-0.05, 0) is 25.8 Å². The molecule has 0 fully saturated rings. The Morgan fingerprint density at radius 3 is 2.47 bits per heavy atom. The van der Waals surface area contributed by atoms with Crippen molar-refractivity contribution in [3.63, 3.8) is 0 Å². The lowest BCUT2D eigenvalue weighted by molar-refractivity contribution is 0.162. The molecule has 0 aromatic rings. The number of aliphatic imine (C=N–C) groups is 1. The molecule has 0 bridgehead atoms. The molecule has 0 aliphatic rings. The Morgan fingerprint density at radius 1 is 1.21 bits per heavy atom. The molecule has 2 N–H and O–H groups in total. The summed E-state index contributed by atoms with van der Waals surface area (Å²) in [6.45, 7) is 9.10. The average Bonchev–Trinajstić information content (AvgIpc) is 2.38. The van der Waals surface area contributed by atoms with Crippen LogP contribution in [0.2, 0.25) is 0 Å². The van der Waals surface area contributed by atoms with E-state index < -0.39 is 0 Å². The largest absolute Gasteiger partial charge is 0.383 e. The summed E-state index contributed by atoms with van der Waals surface area (Å²) in [4.78, 5) is 6.45. The molecule has 0 amide bonds. The van der Waals surface area contributed by atoms with E-state index in [0.29, 0.717) is 0 Å². The fourth-order valence-corrected chi connectivity index (χ4v) is 1.66. The first-order valence-corrected chi connectivity index (χ1v) is 7.22. The average molecular weight is 272 g/mol. The molecule has 5 nitrogen and oxygen atoms in total. The third kappa shape index (κ3) is 12.0. The highest BCUT2D eigenvalue weighted by Crippen LogP contribution is 2.01. The van der Waals surface area contributed by atoms with Gasteiger partial charge in [-0.1, -0.05) is 13.8 Å². The molecule has 19 heavy (non-hydrogen) atoms. The molecule has 5 heteroatoms. The Kier molecular flexibility index (Phi) is 11.7. The SMILES string of the molecule is CN=C(NCCCC(C)C)NCCN(C)CCOC. The number of methoxy groups -OCH3 is 1. The molecule has 0 aliphatic heterocycles. The molecule has 0 saturated heterocycles. The van der Waals surface area contributed by atoms with Crippen LogP contribution in [0.15, 0.2) is 4.99 Å². The third-order valence-corrected chi connectivity index (χ3v) is 2.94. The molecule has 0 atom stereocenters. The van der Waals surface area contributed by atoms with Crippen LogP contribution in [0.25, 0.3) is 0 Å². The Hall–Kier alpha value is -0.810. The summed E-state index contributed by atoms with van der Waals surface area (Å²) in [5, 5.41) is 6.66. The minimum absolute atomic E-state index is 0.770. The topological polar surface area (TPSA) is 48.9 Å². The van der Waals surface area contributed by atoms with E-state index in [-0.39, 0.29) is 0 Å². The van der Waals surface area contributed by atoms with E-state index in [1.165, 1.54) is 12.8 Å². The van der Waals surface area contributed by atoms with Crippen molar-refractivity contribution in [3.8, 4) is 0 Å². The number of ether oxygens (including phenoxy) is 1. The first-order valence-electron chi connectivity index (χ1n) is 7.22. The highest BCUT2D eigenvalue weighted by Gasteiger charge is 2.00. The van der Waals surface area contributed by atoms with Crippen LogP contribution >= 0.6 is 0 Å². The standard InChI is InChI=1S/C14H32N4O/c1-13(2)7-6-8-16-14(15-3)17-9-10-18(4)11-12-19-5/h13H,6-12H2,1-5H3,(H2,15,16,17). The van der Waals surface area contributed by atoms with Gasteiger partial charge in [0.25, 0.3) is 0 Å². The maximum atomic E-state index is 5.05. The first kappa shape index (κ1) is 18.2. The van der Waals surface area contributed by atoms with E-state index in [1.807, 2.05) is 7.05 Å². The molecule has 0 saturated carbocycles. The van der Waals surface area contributed by atoms with Crippen LogP contribution in [0.3, 0.4) is 0 Å². The minimum atomic E-state index is 0.770. The Balaban J connectivity index is 3.59. The third-order valence-electron chi connectivity index (χ3n) is 2.94. The maximum absolute atomic E-state index is 5.05. The summed E-state index contributed by atoms with van der Waals surface area (Å²) in [6, 6.07) is 0. The van der Waals surface area contributed by atoms with Gasteiger partial charge in [0.1, 0.15) is 0 Å². The van der Waals surface area contributed by atoms with Crippen LogP contribution in [0.4, 0.5) is 0 Å². The fraction of sp³-hybridized carbons (Fsp3) is 0.929. The van der Waals surface area contributed by atoms with Crippen LogP contribution in [0.5, 0.6) is 0 Å². The van der Waals surface area contributed by atoms with Gasteiger partial charge in [0.05, 0.1) is 6.61 Å². The monoisotopic (exact) mass is 272 g/mol. The van der Waals surface area contributed by atoms with E-state index in [4.69, 9.17) is 4.74 Å². The summed E-state index contributed by atoms with van der Waals surface area (Å²) in [7, 11) is 5.64. The van der Waals surface area contributed by atoms with Crippen LogP contribution in [-0.2, 0) is 4.74 Å². The van der Waals surface area contributed by atoms with Crippen molar-refractivity contribution in [1.29, 1.82) is 0 Å². The molecular weight excluding hydrogens is 240 g/mol. The zero-order valence-corrected chi connectivity index (χ0v) is 13.3. The number of nitrogens with one attached hydrogen (secondary N) is 2. The molecule has 0 rings (SSSR count). The van der Waals surface area contributed by atoms with E-state index in [9.17, 15) is 0 Å². The van der Waals surface area contributed by atoms with Crippen LogP contribution < -0.4 is 10.6 Å². The second-order valence-electron chi connectivity index (χ2n) is 5.26. The number of hydrogen-bond acceptors (Lipinski definition) is 3. The second kappa shape index (κ2) is 12.2. The van der Waals surface area contributed by atoms with Crippen molar-refractivity contribution in [2.75, 3.05) is 54.0 Å². The summed E-state index contributed by atoms with van der Waals surface area (Å²) < 4.78 is 5.05. The molecule has 0 aromatic carbocycles. The van der Waals surface area contributed by atoms with Gasteiger partial charge in [-0.25, -0.2) is 0 Å². The highest BCUT2D eigenvalue weighted by atomic mass is 16.5. The molecule has 0 heterocycles. The van der Waals surface area contributed by atoms with E-state index in [1.54, 1.807) is 7.11 Å². The Bertz CT molecular complexity index is 231. The predicted molar refractivity (Wildman–Crippen MR) is 82.8 cm³/mol. The Morgan fingerprint density at radius 2 is 1.89 bits per heavy atom. The quantitative estimate of drug-likeness (QED) is 0.356. The van der Waals surface area contributed by atoms with Gasteiger partial charge >= 0.3 is 0 Å². The molecule has 0 spiro atoms. The molecule has 114 valence electrons. The van der Waals surface area contributed by atoms with Crippen molar-refractivity contribution in [2.24, 2.45) is 10.9 Å². The predicted octanol–water partition coefficient (Wildman–Crippen LogP) is 1.17. The second-order valence-corrected chi connectivity index (χ2v) is 5.26. The van der Waals surface area contributed by atoms with Gasteiger partial charge in [0, 0.05) is 40.3 Å². The molecule has 0 radical (unpaired) electrons. The zero-order valence-electron chi connectivity index (χ0n) is 13.3. The lowest BCUT2D eigenvalue weighted by atomic mass is 10.1. The van der Waals surface area contributed by atoms with Crippen molar-refractivity contribution in [1.82, 2.24) is 15.5 Å². The van der Waals surface area contributed by atoms with Crippen LogP contribution in [-0.4, -0.2) is 64.9 Å². The van der Waals surface area contributed by atoms with Gasteiger partial charge in [0.2, 0.25) is 0 Å².